The number of carbonyl (C=O) groups excluding carboxylic acids is 2. The molecule has 3 aromatic rings. The molecule has 1 atom stereocenters. The summed E-state index contributed by atoms with van der Waals surface area (Å²) < 4.78 is 15.2. The number of rotatable bonds is 10. The lowest BCUT2D eigenvalue weighted by Gasteiger charge is -2.31. The summed E-state index contributed by atoms with van der Waals surface area (Å²) >= 11 is 3.43. The van der Waals surface area contributed by atoms with Gasteiger partial charge in [-0.2, -0.15) is 0 Å². The molecule has 0 aliphatic rings. The van der Waals surface area contributed by atoms with Crippen molar-refractivity contribution < 1.29 is 14.0 Å². The molecule has 6 heteroatoms. The first-order valence-electron chi connectivity index (χ1n) is 11.1. The zero-order chi connectivity index (χ0) is 23.6. The number of halogens is 2. The minimum atomic E-state index is -0.720. The summed E-state index contributed by atoms with van der Waals surface area (Å²) in [6.45, 7) is 2.75. The highest BCUT2D eigenvalue weighted by Crippen LogP contribution is 2.19. The maximum atomic E-state index is 14.3. The Kier molecular flexibility index (Phi) is 9.19. The molecule has 2 amide bonds. The summed E-state index contributed by atoms with van der Waals surface area (Å²) in [5, 5.41) is 2.94. The van der Waals surface area contributed by atoms with Crippen molar-refractivity contribution in [3.8, 4) is 0 Å². The summed E-state index contributed by atoms with van der Waals surface area (Å²) in [6, 6.07) is 22.8. The van der Waals surface area contributed by atoms with Gasteiger partial charge in [0, 0.05) is 24.0 Å². The van der Waals surface area contributed by atoms with Crippen LogP contribution in [-0.4, -0.2) is 29.3 Å². The van der Waals surface area contributed by atoms with Crippen LogP contribution in [0.15, 0.2) is 83.3 Å². The van der Waals surface area contributed by atoms with Crippen LogP contribution in [0.2, 0.25) is 0 Å². The molecule has 0 saturated heterocycles. The fraction of sp³-hybridized carbons (Fsp3) is 0.259. The van der Waals surface area contributed by atoms with Crippen LogP contribution >= 0.6 is 15.9 Å². The Balaban J connectivity index is 1.95. The molecule has 0 heterocycles. The van der Waals surface area contributed by atoms with Gasteiger partial charge in [0.15, 0.2) is 0 Å². The van der Waals surface area contributed by atoms with E-state index in [4.69, 9.17) is 0 Å². The fourth-order valence-electron chi connectivity index (χ4n) is 3.61. The second-order valence-electron chi connectivity index (χ2n) is 7.91. The van der Waals surface area contributed by atoms with Crippen molar-refractivity contribution in [1.29, 1.82) is 0 Å². The van der Waals surface area contributed by atoms with Gasteiger partial charge in [-0.25, -0.2) is 4.39 Å². The third-order valence-electron chi connectivity index (χ3n) is 5.39. The van der Waals surface area contributed by atoms with E-state index in [9.17, 15) is 14.0 Å². The standard InChI is InChI=1S/C27H28BrFN2O2/c1-2-16-30-27(33)25(17-20-8-4-3-5-9-20)31(19-21-12-14-23(28)15-13-21)26(32)18-22-10-6-7-11-24(22)29/h3-15,25H,2,16-19H2,1H3,(H,30,33)/t25-/m1/s1. The number of hydrogen-bond donors (Lipinski definition) is 1. The maximum Gasteiger partial charge on any atom is 0.243 e. The molecule has 172 valence electrons. The normalized spacial score (nSPS) is 11.6. The first kappa shape index (κ1) is 24.6. The molecule has 0 bridgehead atoms. The van der Waals surface area contributed by atoms with Crippen LogP contribution in [0.5, 0.6) is 0 Å². The fourth-order valence-corrected chi connectivity index (χ4v) is 3.88. The molecule has 4 nitrogen and oxygen atoms in total. The van der Waals surface area contributed by atoms with Crippen molar-refractivity contribution in [2.45, 2.75) is 38.8 Å². The van der Waals surface area contributed by atoms with Crippen molar-refractivity contribution in [1.82, 2.24) is 10.2 Å². The first-order chi connectivity index (χ1) is 16.0. The molecular weight excluding hydrogens is 483 g/mol. The lowest BCUT2D eigenvalue weighted by molar-refractivity contribution is -0.140. The highest BCUT2D eigenvalue weighted by Gasteiger charge is 2.30. The molecule has 0 spiro atoms. The zero-order valence-electron chi connectivity index (χ0n) is 18.6. The molecular formula is C27H28BrFN2O2. The van der Waals surface area contributed by atoms with E-state index in [1.54, 1.807) is 23.1 Å². The third-order valence-corrected chi connectivity index (χ3v) is 5.91. The molecule has 33 heavy (non-hydrogen) atoms. The summed E-state index contributed by atoms with van der Waals surface area (Å²) in [7, 11) is 0. The summed E-state index contributed by atoms with van der Waals surface area (Å²) in [5.41, 5.74) is 2.16. The lowest BCUT2D eigenvalue weighted by atomic mass is 10.0. The quantitative estimate of drug-likeness (QED) is 0.402. The van der Waals surface area contributed by atoms with Crippen molar-refractivity contribution in [2.24, 2.45) is 0 Å². The van der Waals surface area contributed by atoms with Gasteiger partial charge >= 0.3 is 0 Å². The maximum absolute atomic E-state index is 14.3. The Morgan fingerprint density at radius 2 is 1.61 bits per heavy atom. The van der Waals surface area contributed by atoms with Gasteiger partial charge in [-0.1, -0.05) is 83.5 Å². The molecule has 0 saturated carbocycles. The van der Waals surface area contributed by atoms with E-state index < -0.39 is 11.9 Å². The lowest BCUT2D eigenvalue weighted by Crippen LogP contribution is -2.51. The van der Waals surface area contributed by atoms with Gasteiger partial charge in [0.1, 0.15) is 11.9 Å². The summed E-state index contributed by atoms with van der Waals surface area (Å²) in [6.07, 6.45) is 1.05. The second kappa shape index (κ2) is 12.3. The topological polar surface area (TPSA) is 49.4 Å². The Morgan fingerprint density at radius 1 is 0.939 bits per heavy atom. The highest BCUT2D eigenvalue weighted by molar-refractivity contribution is 9.10. The van der Waals surface area contributed by atoms with E-state index in [0.717, 1.165) is 22.0 Å². The van der Waals surface area contributed by atoms with Crippen LogP contribution in [0, 0.1) is 5.82 Å². The highest BCUT2D eigenvalue weighted by atomic mass is 79.9. The molecule has 3 rings (SSSR count). The average molecular weight is 511 g/mol. The Hall–Kier alpha value is -2.99. The monoisotopic (exact) mass is 510 g/mol. The summed E-state index contributed by atoms with van der Waals surface area (Å²) in [5.74, 6) is -0.931. The summed E-state index contributed by atoms with van der Waals surface area (Å²) in [4.78, 5) is 28.3. The van der Waals surface area contributed by atoms with Crippen molar-refractivity contribution >= 4 is 27.7 Å². The zero-order valence-corrected chi connectivity index (χ0v) is 20.2. The Bertz CT molecular complexity index is 1060. The van der Waals surface area contributed by atoms with Gasteiger partial charge < -0.3 is 10.2 Å². The molecule has 0 aliphatic carbocycles. The van der Waals surface area contributed by atoms with Gasteiger partial charge in [0.25, 0.3) is 0 Å². The van der Waals surface area contributed by atoms with Crippen LogP contribution in [0.3, 0.4) is 0 Å². The van der Waals surface area contributed by atoms with Gasteiger partial charge in [0.2, 0.25) is 11.8 Å². The Labute approximate surface area is 202 Å². The molecule has 0 unspecified atom stereocenters. The van der Waals surface area contributed by atoms with Crippen molar-refractivity contribution in [3.05, 3.63) is 106 Å². The third kappa shape index (κ3) is 7.26. The Morgan fingerprint density at radius 3 is 2.27 bits per heavy atom. The van der Waals surface area contributed by atoms with Gasteiger partial charge in [-0.3, -0.25) is 9.59 Å². The minimum Gasteiger partial charge on any atom is -0.354 e. The van der Waals surface area contributed by atoms with Crippen LogP contribution < -0.4 is 5.32 Å². The molecule has 0 aromatic heterocycles. The number of nitrogens with zero attached hydrogens (tertiary/aromatic N) is 1. The number of nitrogens with one attached hydrogen (secondary N) is 1. The molecule has 0 fully saturated rings. The van der Waals surface area contributed by atoms with Gasteiger partial charge in [-0.15, -0.1) is 0 Å². The van der Waals surface area contributed by atoms with Crippen LogP contribution in [-0.2, 0) is 29.0 Å². The van der Waals surface area contributed by atoms with Crippen LogP contribution in [0.25, 0.3) is 0 Å². The largest absolute Gasteiger partial charge is 0.354 e. The van der Waals surface area contributed by atoms with Crippen molar-refractivity contribution in [2.75, 3.05) is 6.54 Å². The molecule has 1 N–H and O–H groups in total. The van der Waals surface area contributed by atoms with Crippen molar-refractivity contribution in [3.63, 3.8) is 0 Å². The molecule has 0 aliphatic heterocycles. The second-order valence-corrected chi connectivity index (χ2v) is 8.83. The smallest absolute Gasteiger partial charge is 0.243 e. The SMILES string of the molecule is CCCNC(=O)[C@@H](Cc1ccccc1)N(Cc1ccc(Br)cc1)C(=O)Cc1ccccc1F. The van der Waals surface area contributed by atoms with Crippen LogP contribution in [0.1, 0.15) is 30.0 Å². The van der Waals surface area contributed by atoms with Gasteiger partial charge in [-0.05, 0) is 41.3 Å². The number of benzene rings is 3. The molecule has 3 aromatic carbocycles. The van der Waals surface area contributed by atoms with E-state index in [1.807, 2.05) is 61.5 Å². The number of carbonyl (C=O) groups is 2. The first-order valence-corrected chi connectivity index (χ1v) is 11.9. The average Bonchev–Trinajstić information content (AvgIpc) is 2.83. The van der Waals surface area contributed by atoms with Gasteiger partial charge in [0.05, 0.1) is 6.42 Å². The van der Waals surface area contributed by atoms with E-state index in [-0.39, 0.29) is 24.8 Å². The molecule has 0 radical (unpaired) electrons. The van der Waals surface area contributed by atoms with Crippen LogP contribution in [0.4, 0.5) is 4.39 Å². The predicted molar refractivity (Wildman–Crippen MR) is 132 cm³/mol. The van der Waals surface area contributed by atoms with E-state index in [2.05, 4.69) is 21.2 Å². The van der Waals surface area contributed by atoms with E-state index in [0.29, 0.717) is 18.5 Å². The minimum absolute atomic E-state index is 0.116. The van der Waals surface area contributed by atoms with E-state index in [1.165, 1.54) is 6.07 Å². The number of amides is 2. The number of hydrogen-bond acceptors (Lipinski definition) is 2. The van der Waals surface area contributed by atoms with E-state index >= 15 is 0 Å². The predicted octanol–water partition coefficient (Wildman–Crippen LogP) is 5.30.